The Labute approximate surface area is 164 Å². The second kappa shape index (κ2) is 8.91. The highest BCUT2D eigenvalue weighted by Crippen LogP contribution is 2.22. The van der Waals surface area contributed by atoms with Crippen LogP contribution in [0.2, 0.25) is 5.02 Å². The van der Waals surface area contributed by atoms with Gasteiger partial charge in [-0.2, -0.15) is 0 Å². The monoisotopic (exact) mass is 385 g/mol. The normalized spacial score (nSPS) is 15.3. The number of carbonyl (C=O) groups excluding carboxylic acids is 2. The molecular formula is C21H24ClN3O2. The molecule has 27 heavy (non-hydrogen) atoms. The summed E-state index contributed by atoms with van der Waals surface area (Å²) in [6, 6.07) is 17.1. The van der Waals surface area contributed by atoms with Crippen molar-refractivity contribution < 1.29 is 9.59 Å². The number of halogens is 1. The smallest absolute Gasteiger partial charge is 0.225 e. The molecule has 0 radical (unpaired) electrons. The maximum Gasteiger partial charge on any atom is 0.225 e. The first kappa shape index (κ1) is 19.2. The first-order valence-electron chi connectivity index (χ1n) is 9.13. The van der Waals surface area contributed by atoms with Gasteiger partial charge in [0.25, 0.3) is 0 Å². The molecule has 1 aliphatic rings. The van der Waals surface area contributed by atoms with Gasteiger partial charge in [0.1, 0.15) is 0 Å². The standard InChI is InChI=1S/C21H24ClN3O2/c1-16(26)23-20(17-7-9-18(22)10-8-17)15-21(27)25-13-11-24(12-14-25)19-5-3-2-4-6-19/h2-10,20H,11-15H2,1H3,(H,23,26). The number of hydrogen-bond acceptors (Lipinski definition) is 3. The van der Waals surface area contributed by atoms with E-state index in [-0.39, 0.29) is 24.3 Å². The Bertz CT molecular complexity index is 772. The summed E-state index contributed by atoms with van der Waals surface area (Å²) in [7, 11) is 0. The van der Waals surface area contributed by atoms with E-state index in [2.05, 4.69) is 22.3 Å². The van der Waals surface area contributed by atoms with Gasteiger partial charge in [-0.3, -0.25) is 9.59 Å². The highest BCUT2D eigenvalue weighted by Gasteiger charge is 2.25. The number of rotatable bonds is 5. The summed E-state index contributed by atoms with van der Waals surface area (Å²) in [5.41, 5.74) is 2.06. The summed E-state index contributed by atoms with van der Waals surface area (Å²) in [5.74, 6) is -0.104. The zero-order valence-corrected chi connectivity index (χ0v) is 16.2. The molecule has 2 aromatic carbocycles. The highest BCUT2D eigenvalue weighted by atomic mass is 35.5. The molecule has 0 aromatic heterocycles. The number of nitrogens with zero attached hydrogens (tertiary/aromatic N) is 2. The van der Waals surface area contributed by atoms with Gasteiger partial charge in [-0.1, -0.05) is 41.9 Å². The predicted molar refractivity (Wildman–Crippen MR) is 108 cm³/mol. The van der Waals surface area contributed by atoms with Crippen molar-refractivity contribution >= 4 is 29.1 Å². The number of benzene rings is 2. The van der Waals surface area contributed by atoms with Crippen molar-refractivity contribution in [2.24, 2.45) is 0 Å². The van der Waals surface area contributed by atoms with E-state index in [1.54, 1.807) is 12.1 Å². The Morgan fingerprint density at radius 2 is 1.63 bits per heavy atom. The van der Waals surface area contributed by atoms with Crippen molar-refractivity contribution in [2.45, 2.75) is 19.4 Å². The fourth-order valence-electron chi connectivity index (χ4n) is 3.35. The van der Waals surface area contributed by atoms with Crippen LogP contribution in [0, 0.1) is 0 Å². The molecule has 1 unspecified atom stereocenters. The average Bonchev–Trinajstić information content (AvgIpc) is 2.68. The number of hydrogen-bond donors (Lipinski definition) is 1. The lowest BCUT2D eigenvalue weighted by atomic mass is 10.0. The first-order chi connectivity index (χ1) is 13.0. The second-order valence-corrected chi connectivity index (χ2v) is 7.15. The summed E-state index contributed by atoms with van der Waals surface area (Å²) in [5, 5.41) is 3.51. The zero-order valence-electron chi connectivity index (χ0n) is 15.4. The van der Waals surface area contributed by atoms with Gasteiger partial charge in [0.05, 0.1) is 12.5 Å². The third kappa shape index (κ3) is 5.23. The molecule has 1 fully saturated rings. The van der Waals surface area contributed by atoms with Gasteiger partial charge in [-0.25, -0.2) is 0 Å². The van der Waals surface area contributed by atoms with Gasteiger partial charge in [-0.05, 0) is 29.8 Å². The van der Waals surface area contributed by atoms with E-state index in [0.717, 1.165) is 18.7 Å². The van der Waals surface area contributed by atoms with E-state index in [4.69, 9.17) is 11.6 Å². The number of carbonyl (C=O) groups is 2. The Balaban J connectivity index is 1.61. The average molecular weight is 386 g/mol. The molecule has 3 rings (SSSR count). The van der Waals surface area contributed by atoms with Crippen LogP contribution in [-0.2, 0) is 9.59 Å². The van der Waals surface area contributed by atoms with Gasteiger partial charge in [0.2, 0.25) is 11.8 Å². The van der Waals surface area contributed by atoms with E-state index >= 15 is 0 Å². The zero-order chi connectivity index (χ0) is 19.2. The van der Waals surface area contributed by atoms with E-state index in [0.29, 0.717) is 18.1 Å². The fraction of sp³-hybridized carbons (Fsp3) is 0.333. The molecule has 5 nitrogen and oxygen atoms in total. The lowest BCUT2D eigenvalue weighted by molar-refractivity contribution is -0.132. The molecule has 1 N–H and O–H groups in total. The molecule has 0 aliphatic carbocycles. The number of nitrogens with one attached hydrogen (secondary N) is 1. The van der Waals surface area contributed by atoms with Crippen LogP contribution in [0.25, 0.3) is 0 Å². The van der Waals surface area contributed by atoms with E-state index in [1.807, 2.05) is 35.2 Å². The third-order valence-electron chi connectivity index (χ3n) is 4.78. The van der Waals surface area contributed by atoms with Gasteiger partial charge in [-0.15, -0.1) is 0 Å². The molecule has 0 spiro atoms. The molecule has 142 valence electrons. The minimum Gasteiger partial charge on any atom is -0.368 e. The van der Waals surface area contributed by atoms with Crippen molar-refractivity contribution in [3.63, 3.8) is 0 Å². The third-order valence-corrected chi connectivity index (χ3v) is 5.03. The largest absolute Gasteiger partial charge is 0.368 e. The lowest BCUT2D eigenvalue weighted by Crippen LogP contribution is -2.49. The Kier molecular flexibility index (Phi) is 6.35. The van der Waals surface area contributed by atoms with Crippen LogP contribution < -0.4 is 10.2 Å². The maximum absolute atomic E-state index is 12.8. The number of amides is 2. The highest BCUT2D eigenvalue weighted by molar-refractivity contribution is 6.30. The van der Waals surface area contributed by atoms with Gasteiger partial charge < -0.3 is 15.1 Å². The minimum atomic E-state index is -0.348. The Morgan fingerprint density at radius 3 is 2.22 bits per heavy atom. The molecule has 0 saturated carbocycles. The van der Waals surface area contributed by atoms with Gasteiger partial charge >= 0.3 is 0 Å². The lowest BCUT2D eigenvalue weighted by Gasteiger charge is -2.36. The van der Waals surface area contributed by atoms with E-state index in [1.165, 1.54) is 12.6 Å². The summed E-state index contributed by atoms with van der Waals surface area (Å²) in [6.45, 7) is 4.44. The number of para-hydroxylation sites is 1. The molecular weight excluding hydrogens is 362 g/mol. The molecule has 1 saturated heterocycles. The SMILES string of the molecule is CC(=O)NC(CC(=O)N1CCN(c2ccccc2)CC1)c1ccc(Cl)cc1. The predicted octanol–water partition coefficient (Wildman–Crippen LogP) is 3.26. The molecule has 2 amide bonds. The molecule has 1 heterocycles. The van der Waals surface area contributed by atoms with Crippen LogP contribution in [0.5, 0.6) is 0 Å². The van der Waals surface area contributed by atoms with Crippen molar-refractivity contribution in [2.75, 3.05) is 31.1 Å². The quantitative estimate of drug-likeness (QED) is 0.859. The van der Waals surface area contributed by atoms with Gasteiger partial charge in [0.15, 0.2) is 0 Å². The van der Waals surface area contributed by atoms with Crippen LogP contribution in [0.3, 0.4) is 0 Å². The fourth-order valence-corrected chi connectivity index (χ4v) is 3.48. The topological polar surface area (TPSA) is 52.7 Å². The summed E-state index contributed by atoms with van der Waals surface area (Å²) in [6.07, 6.45) is 0.243. The Hall–Kier alpha value is -2.53. The van der Waals surface area contributed by atoms with E-state index in [9.17, 15) is 9.59 Å². The van der Waals surface area contributed by atoms with Crippen LogP contribution in [0.15, 0.2) is 54.6 Å². The summed E-state index contributed by atoms with van der Waals surface area (Å²) in [4.78, 5) is 28.6. The van der Waals surface area contributed by atoms with Crippen molar-refractivity contribution in [3.8, 4) is 0 Å². The summed E-state index contributed by atoms with van der Waals surface area (Å²) < 4.78 is 0. The molecule has 1 aliphatic heterocycles. The maximum atomic E-state index is 12.8. The Morgan fingerprint density at radius 1 is 1.00 bits per heavy atom. The number of piperazine rings is 1. The van der Waals surface area contributed by atoms with Gasteiger partial charge in [0, 0.05) is 43.8 Å². The van der Waals surface area contributed by atoms with E-state index < -0.39 is 0 Å². The van der Waals surface area contributed by atoms with Crippen molar-refractivity contribution in [3.05, 3.63) is 65.2 Å². The van der Waals surface area contributed by atoms with Crippen molar-refractivity contribution in [1.29, 1.82) is 0 Å². The van der Waals surface area contributed by atoms with Crippen LogP contribution in [0.4, 0.5) is 5.69 Å². The number of anilines is 1. The van der Waals surface area contributed by atoms with Crippen LogP contribution in [-0.4, -0.2) is 42.9 Å². The second-order valence-electron chi connectivity index (χ2n) is 6.71. The molecule has 0 bridgehead atoms. The van der Waals surface area contributed by atoms with Crippen molar-refractivity contribution in [1.82, 2.24) is 10.2 Å². The summed E-state index contributed by atoms with van der Waals surface area (Å²) >= 11 is 5.95. The molecule has 2 aromatic rings. The van der Waals surface area contributed by atoms with Crippen LogP contribution in [0.1, 0.15) is 24.9 Å². The minimum absolute atomic E-state index is 0.0522. The van der Waals surface area contributed by atoms with Crippen LogP contribution >= 0.6 is 11.6 Å². The molecule has 1 atom stereocenters. The molecule has 6 heteroatoms. The first-order valence-corrected chi connectivity index (χ1v) is 9.51.